The molecule has 1 aliphatic rings. The molecule has 0 aromatic carbocycles. The number of unbranched alkanes of at least 4 members (excludes halogenated alkanes) is 25. The molecule has 10 nitrogen and oxygen atoms in total. The van der Waals surface area contributed by atoms with Gasteiger partial charge in [-0.15, -0.1) is 0 Å². The summed E-state index contributed by atoms with van der Waals surface area (Å²) in [5.41, 5.74) is 0. The Morgan fingerprint density at radius 1 is 0.515 bits per heavy atom. The van der Waals surface area contributed by atoms with Crippen molar-refractivity contribution in [3.8, 4) is 0 Å². The van der Waals surface area contributed by atoms with Gasteiger partial charge < -0.3 is 29.1 Å². The molecule has 1 saturated heterocycles. The number of ether oxygens (including phenoxy) is 3. The van der Waals surface area contributed by atoms with Gasteiger partial charge in [-0.3, -0.25) is 19.2 Å². The second kappa shape index (κ2) is 60.9. The molecule has 0 aromatic heterocycles. The van der Waals surface area contributed by atoms with Gasteiger partial charge in [0.15, 0.2) is 0 Å². The number of carboxylic acids is 1. The zero-order valence-corrected chi connectivity index (χ0v) is 46.4. The molecule has 1 heterocycles. The molecule has 1 rings (SSSR count). The highest BCUT2D eigenvalue weighted by molar-refractivity contribution is 5.69. The molecule has 1 fully saturated rings. The van der Waals surface area contributed by atoms with Crippen LogP contribution in [0.2, 0.25) is 0 Å². The van der Waals surface area contributed by atoms with Gasteiger partial charge in [-0.2, -0.15) is 0 Å². The van der Waals surface area contributed by atoms with E-state index >= 15 is 0 Å². The van der Waals surface area contributed by atoms with Gasteiger partial charge in [-0.1, -0.05) is 189 Å². The molecule has 406 valence electrons. The van der Waals surface area contributed by atoms with Gasteiger partial charge >= 0.3 is 17.9 Å². The molecule has 10 heteroatoms. The minimum Gasteiger partial charge on any atom is -0.481 e. The Bertz CT molecular complexity index is 1010. The lowest BCUT2D eigenvalue weighted by Crippen LogP contribution is -2.20. The Morgan fingerprint density at radius 2 is 0.926 bits per heavy atom. The molecule has 0 unspecified atom stereocenters. The van der Waals surface area contributed by atoms with Crippen molar-refractivity contribution in [2.24, 2.45) is 0 Å². The summed E-state index contributed by atoms with van der Waals surface area (Å²) in [6.07, 6.45) is 45.7. The zero-order valence-electron chi connectivity index (χ0n) is 46.4. The van der Waals surface area contributed by atoms with E-state index in [1.807, 2.05) is 0 Å². The van der Waals surface area contributed by atoms with Gasteiger partial charge in [-0.05, 0) is 123 Å². The minimum absolute atomic E-state index is 0.00994. The van der Waals surface area contributed by atoms with Crippen molar-refractivity contribution in [1.29, 1.82) is 0 Å². The van der Waals surface area contributed by atoms with Crippen LogP contribution >= 0.6 is 0 Å². The first-order valence-electron chi connectivity index (χ1n) is 29.2. The summed E-state index contributed by atoms with van der Waals surface area (Å²) in [4.78, 5) is 48.3. The van der Waals surface area contributed by atoms with E-state index in [4.69, 9.17) is 14.6 Å². The van der Waals surface area contributed by atoms with Crippen molar-refractivity contribution in [2.75, 3.05) is 53.0 Å². The number of carbonyl (C=O) groups excluding carboxylic acids is 3. The van der Waals surface area contributed by atoms with Crippen LogP contribution in [0.4, 0.5) is 0 Å². The highest BCUT2D eigenvalue weighted by Gasteiger charge is 2.14. The van der Waals surface area contributed by atoms with Crippen LogP contribution in [-0.2, 0) is 33.4 Å². The van der Waals surface area contributed by atoms with Crippen LogP contribution in [-0.4, -0.2) is 98.4 Å². The first-order chi connectivity index (χ1) is 33.1. The summed E-state index contributed by atoms with van der Waals surface area (Å²) in [5.74, 6) is -0.748. The molecular formula is C58H116N2O8. The molecule has 1 aliphatic heterocycles. The van der Waals surface area contributed by atoms with Gasteiger partial charge in [0.05, 0.1) is 13.2 Å². The quantitative estimate of drug-likeness (QED) is 0.0273. The summed E-state index contributed by atoms with van der Waals surface area (Å²) in [5, 5.41) is 7.72. The van der Waals surface area contributed by atoms with Gasteiger partial charge in [0.2, 0.25) is 0 Å². The molecule has 0 atom stereocenters. The van der Waals surface area contributed by atoms with Crippen molar-refractivity contribution < 1.29 is 38.5 Å². The average molecular weight is 970 g/mol. The molecule has 0 saturated carbocycles. The number of aliphatic carboxylic acids is 1. The third kappa shape index (κ3) is 61.8. The van der Waals surface area contributed by atoms with Crippen LogP contribution in [0.5, 0.6) is 0 Å². The molecule has 0 spiro atoms. The number of hydrogen-bond donors (Lipinski definition) is 1. The van der Waals surface area contributed by atoms with E-state index in [1.165, 1.54) is 200 Å². The number of rotatable bonds is 46. The van der Waals surface area contributed by atoms with Crippen LogP contribution in [0.15, 0.2) is 0 Å². The van der Waals surface area contributed by atoms with Crippen LogP contribution in [0.1, 0.15) is 292 Å². The lowest BCUT2D eigenvalue weighted by atomic mass is 10.0. The Kier molecular flexibility index (Phi) is 62.8. The zero-order chi connectivity index (χ0) is 50.8. The van der Waals surface area contributed by atoms with Crippen LogP contribution in [0, 0.1) is 0 Å². The van der Waals surface area contributed by atoms with E-state index in [9.17, 15) is 19.2 Å². The number of esters is 2. The van der Waals surface area contributed by atoms with Gasteiger partial charge in [0, 0.05) is 19.3 Å². The monoisotopic (exact) mass is 969 g/mol. The third-order valence-corrected chi connectivity index (χ3v) is 12.6. The second-order valence-corrected chi connectivity index (χ2v) is 19.5. The summed E-state index contributed by atoms with van der Waals surface area (Å²) in [6.45, 7) is 20.7. The first-order valence-corrected chi connectivity index (χ1v) is 29.2. The lowest BCUT2D eigenvalue weighted by molar-refractivity contribution is -0.150. The van der Waals surface area contributed by atoms with E-state index in [1.54, 1.807) is 6.92 Å². The maximum Gasteiger partial charge on any atom is 0.306 e. The normalized spacial score (nSPS) is 12.1. The Hall–Kier alpha value is -2.20. The van der Waals surface area contributed by atoms with E-state index in [0.29, 0.717) is 32.5 Å². The Balaban J connectivity index is -0.000000980. The molecule has 0 radical (unpaired) electrons. The SMILES string of the molecule is CCC(=O)O.CCCCCCCCC(CCCCCCCC)OC(=O)CCCCCCCOC=O.CCCCCCCCCCCOC(=O)CCCCCN1CCCC1.CCCCN(C)CCC. The molecule has 0 aromatic rings. The Morgan fingerprint density at radius 3 is 1.38 bits per heavy atom. The van der Waals surface area contributed by atoms with E-state index in [2.05, 4.69) is 56.2 Å². The van der Waals surface area contributed by atoms with Crippen LogP contribution in [0.3, 0.4) is 0 Å². The predicted octanol–water partition coefficient (Wildman–Crippen LogP) is 16.2. The predicted molar refractivity (Wildman–Crippen MR) is 289 cm³/mol. The number of carboxylic acid groups (broad SMARTS) is 1. The first kappa shape index (κ1) is 70.1. The average Bonchev–Trinajstić information content (AvgIpc) is 3.86. The molecule has 0 amide bonds. The number of likely N-dealkylation sites (tertiary alicyclic amines) is 1. The maximum atomic E-state index is 12.3. The Labute approximate surface area is 422 Å². The van der Waals surface area contributed by atoms with Crippen molar-refractivity contribution >= 4 is 24.4 Å². The number of carbonyl (C=O) groups is 4. The molecule has 0 aliphatic carbocycles. The highest BCUT2D eigenvalue weighted by Crippen LogP contribution is 2.19. The molecule has 1 N–H and O–H groups in total. The molecule has 68 heavy (non-hydrogen) atoms. The topological polar surface area (TPSA) is 123 Å². The van der Waals surface area contributed by atoms with E-state index < -0.39 is 5.97 Å². The van der Waals surface area contributed by atoms with E-state index in [0.717, 1.165) is 64.2 Å². The largest absolute Gasteiger partial charge is 0.481 e. The van der Waals surface area contributed by atoms with Gasteiger partial charge in [0.25, 0.3) is 6.47 Å². The van der Waals surface area contributed by atoms with Crippen molar-refractivity contribution in [1.82, 2.24) is 9.80 Å². The van der Waals surface area contributed by atoms with Crippen LogP contribution in [0.25, 0.3) is 0 Å². The molecule has 0 bridgehead atoms. The number of hydrogen-bond acceptors (Lipinski definition) is 9. The van der Waals surface area contributed by atoms with Gasteiger partial charge in [0.1, 0.15) is 6.10 Å². The van der Waals surface area contributed by atoms with Crippen LogP contribution < -0.4 is 0 Å². The second-order valence-electron chi connectivity index (χ2n) is 19.5. The van der Waals surface area contributed by atoms with Crippen molar-refractivity contribution in [3.05, 3.63) is 0 Å². The van der Waals surface area contributed by atoms with Crippen molar-refractivity contribution in [2.45, 2.75) is 298 Å². The minimum atomic E-state index is -0.745. The standard InChI is InChI=1S/C26H50O4.C21H41NO2.C8H19N.C3H6O2/c1-3-5-7-9-12-16-20-25(21-17-13-10-8-6-4-2)30-26(28)22-18-14-11-15-19-23-29-24-27;1-2-3-4-5-6-7-8-9-15-20-24-21(23)16-11-10-12-17-22-18-13-14-19-22;1-4-6-8-9(3)7-5-2;1-2-3(4)5/h24-25H,3-23H2,1-2H3;2-20H2,1H3;4-8H2,1-3H3;2H2,1H3,(H,4,5). The fraction of sp³-hybridized carbons (Fsp3) is 0.931. The third-order valence-electron chi connectivity index (χ3n) is 12.6. The highest BCUT2D eigenvalue weighted by atomic mass is 16.5. The summed E-state index contributed by atoms with van der Waals surface area (Å²) in [6, 6.07) is 0. The fourth-order valence-corrected chi connectivity index (χ4v) is 8.23. The number of nitrogens with zero attached hydrogens (tertiary/aromatic N) is 2. The molecular weight excluding hydrogens is 853 g/mol. The lowest BCUT2D eigenvalue weighted by Gasteiger charge is -2.18. The fourth-order valence-electron chi connectivity index (χ4n) is 8.23. The summed E-state index contributed by atoms with van der Waals surface area (Å²) < 4.78 is 15.9. The smallest absolute Gasteiger partial charge is 0.306 e. The van der Waals surface area contributed by atoms with Crippen molar-refractivity contribution in [3.63, 3.8) is 0 Å². The summed E-state index contributed by atoms with van der Waals surface area (Å²) in [7, 11) is 2.19. The van der Waals surface area contributed by atoms with E-state index in [-0.39, 0.29) is 24.5 Å². The summed E-state index contributed by atoms with van der Waals surface area (Å²) >= 11 is 0. The van der Waals surface area contributed by atoms with Gasteiger partial charge in [-0.25, -0.2) is 0 Å². The maximum absolute atomic E-state index is 12.3.